The summed E-state index contributed by atoms with van der Waals surface area (Å²) in [5.41, 5.74) is 0. The molecule has 0 aromatic heterocycles. The monoisotopic (exact) mass is 383 g/mol. The third-order valence-electron chi connectivity index (χ3n) is 4.74. The van der Waals surface area contributed by atoms with E-state index in [2.05, 4.69) is 5.32 Å². The standard InChI is InChI=1S/C18H29N3O6/c1-2-26-18(25)20-10-7-14(8-11-20)19-15(22)13-27-17(24)12-21-9-5-3-4-6-16(21)23/h14H,2-13H2,1H3,(H,19,22). The highest BCUT2D eigenvalue weighted by Crippen LogP contribution is 2.12. The first kappa shape index (κ1) is 21.0. The lowest BCUT2D eigenvalue weighted by atomic mass is 10.1. The van der Waals surface area contributed by atoms with Gasteiger partial charge in [-0.2, -0.15) is 0 Å². The van der Waals surface area contributed by atoms with Gasteiger partial charge in [-0.1, -0.05) is 6.42 Å². The fraction of sp³-hybridized carbons (Fsp3) is 0.778. The molecule has 2 fully saturated rings. The molecule has 9 nitrogen and oxygen atoms in total. The van der Waals surface area contributed by atoms with Crippen LogP contribution in [0.1, 0.15) is 45.4 Å². The van der Waals surface area contributed by atoms with Crippen LogP contribution in [0.25, 0.3) is 0 Å². The van der Waals surface area contributed by atoms with Crippen LogP contribution in [0.4, 0.5) is 4.79 Å². The average Bonchev–Trinajstić information content (AvgIpc) is 2.85. The lowest BCUT2D eigenvalue weighted by Gasteiger charge is -2.31. The lowest BCUT2D eigenvalue weighted by Crippen LogP contribution is -2.47. The second-order valence-electron chi connectivity index (χ2n) is 6.81. The van der Waals surface area contributed by atoms with Crippen molar-refractivity contribution in [3.63, 3.8) is 0 Å². The van der Waals surface area contributed by atoms with E-state index < -0.39 is 5.97 Å². The van der Waals surface area contributed by atoms with Gasteiger partial charge in [0, 0.05) is 32.1 Å². The lowest BCUT2D eigenvalue weighted by molar-refractivity contribution is -0.152. The molecule has 2 heterocycles. The highest BCUT2D eigenvalue weighted by molar-refractivity contribution is 5.84. The molecule has 9 heteroatoms. The minimum absolute atomic E-state index is 0.0396. The van der Waals surface area contributed by atoms with Crippen molar-refractivity contribution in [2.45, 2.75) is 51.5 Å². The van der Waals surface area contributed by atoms with E-state index in [1.165, 1.54) is 4.90 Å². The van der Waals surface area contributed by atoms with E-state index in [1.807, 2.05) is 0 Å². The van der Waals surface area contributed by atoms with Gasteiger partial charge in [0.05, 0.1) is 6.61 Å². The normalized spacial score (nSPS) is 18.6. The molecule has 2 aliphatic rings. The van der Waals surface area contributed by atoms with Crippen molar-refractivity contribution in [3.8, 4) is 0 Å². The Bertz CT molecular complexity index is 545. The minimum atomic E-state index is -0.572. The largest absolute Gasteiger partial charge is 0.454 e. The van der Waals surface area contributed by atoms with Crippen LogP contribution in [-0.4, -0.2) is 79.1 Å². The van der Waals surface area contributed by atoms with Crippen LogP contribution < -0.4 is 5.32 Å². The maximum atomic E-state index is 12.0. The number of likely N-dealkylation sites (tertiary alicyclic amines) is 2. The third kappa shape index (κ3) is 7.07. The quantitative estimate of drug-likeness (QED) is 0.676. The van der Waals surface area contributed by atoms with Crippen molar-refractivity contribution >= 4 is 23.9 Å². The van der Waals surface area contributed by atoms with Gasteiger partial charge in [-0.3, -0.25) is 14.4 Å². The van der Waals surface area contributed by atoms with Crippen LogP contribution in [0, 0.1) is 0 Å². The summed E-state index contributed by atoms with van der Waals surface area (Å²) < 4.78 is 9.95. The Morgan fingerprint density at radius 3 is 2.52 bits per heavy atom. The summed E-state index contributed by atoms with van der Waals surface area (Å²) in [4.78, 5) is 50.5. The second-order valence-corrected chi connectivity index (χ2v) is 6.81. The first-order valence-electron chi connectivity index (χ1n) is 9.64. The summed E-state index contributed by atoms with van der Waals surface area (Å²) in [5.74, 6) is -0.986. The predicted octanol–water partition coefficient (Wildman–Crippen LogP) is 0.669. The topological polar surface area (TPSA) is 105 Å². The molecule has 0 bridgehead atoms. The first-order valence-corrected chi connectivity index (χ1v) is 9.64. The Morgan fingerprint density at radius 1 is 1.07 bits per heavy atom. The predicted molar refractivity (Wildman–Crippen MR) is 95.8 cm³/mol. The van der Waals surface area contributed by atoms with Crippen LogP contribution in [0.2, 0.25) is 0 Å². The van der Waals surface area contributed by atoms with Gasteiger partial charge in [0.25, 0.3) is 5.91 Å². The smallest absolute Gasteiger partial charge is 0.409 e. The number of hydrogen-bond donors (Lipinski definition) is 1. The zero-order chi connectivity index (χ0) is 19.6. The number of carbonyl (C=O) groups is 4. The van der Waals surface area contributed by atoms with Crippen molar-refractivity contribution in [1.29, 1.82) is 0 Å². The van der Waals surface area contributed by atoms with Crippen molar-refractivity contribution < 1.29 is 28.7 Å². The fourth-order valence-electron chi connectivity index (χ4n) is 3.24. The first-order chi connectivity index (χ1) is 13.0. The average molecular weight is 383 g/mol. The molecular weight excluding hydrogens is 354 g/mol. The van der Waals surface area contributed by atoms with Crippen molar-refractivity contribution in [3.05, 3.63) is 0 Å². The Labute approximate surface area is 159 Å². The van der Waals surface area contributed by atoms with Crippen LogP contribution >= 0.6 is 0 Å². The Balaban J connectivity index is 1.64. The molecule has 0 saturated carbocycles. The van der Waals surface area contributed by atoms with Crippen molar-refractivity contribution in [1.82, 2.24) is 15.1 Å². The zero-order valence-electron chi connectivity index (χ0n) is 15.9. The van der Waals surface area contributed by atoms with Gasteiger partial charge >= 0.3 is 12.1 Å². The number of piperidine rings is 1. The molecule has 0 spiro atoms. The number of ether oxygens (including phenoxy) is 2. The van der Waals surface area contributed by atoms with E-state index in [0.717, 1.165) is 19.3 Å². The van der Waals surface area contributed by atoms with Gasteiger partial charge in [0.15, 0.2) is 6.61 Å². The number of nitrogens with zero attached hydrogens (tertiary/aromatic N) is 2. The van der Waals surface area contributed by atoms with Gasteiger partial charge in [0.2, 0.25) is 5.91 Å². The fourth-order valence-corrected chi connectivity index (χ4v) is 3.24. The maximum Gasteiger partial charge on any atom is 0.409 e. The SMILES string of the molecule is CCOC(=O)N1CCC(NC(=O)COC(=O)CN2CCCCCC2=O)CC1. The molecule has 2 saturated heterocycles. The maximum absolute atomic E-state index is 12.0. The van der Waals surface area contributed by atoms with Crippen LogP contribution in [0.15, 0.2) is 0 Å². The molecule has 1 N–H and O–H groups in total. The molecule has 2 rings (SSSR count). The van der Waals surface area contributed by atoms with E-state index >= 15 is 0 Å². The number of nitrogens with one attached hydrogen (secondary N) is 1. The van der Waals surface area contributed by atoms with E-state index in [0.29, 0.717) is 45.5 Å². The molecule has 0 aromatic rings. The zero-order valence-corrected chi connectivity index (χ0v) is 15.9. The summed E-state index contributed by atoms with van der Waals surface area (Å²) >= 11 is 0. The van der Waals surface area contributed by atoms with E-state index in [-0.39, 0.29) is 37.1 Å². The Hall–Kier alpha value is -2.32. The molecule has 152 valence electrons. The number of esters is 1. The second kappa shape index (κ2) is 10.7. The summed E-state index contributed by atoms with van der Waals surface area (Å²) in [6.45, 7) is 3.21. The third-order valence-corrected chi connectivity index (χ3v) is 4.74. The highest BCUT2D eigenvalue weighted by atomic mass is 16.6. The summed E-state index contributed by atoms with van der Waals surface area (Å²) in [6.07, 6.45) is 4.08. The number of amides is 3. The van der Waals surface area contributed by atoms with Crippen LogP contribution in [-0.2, 0) is 23.9 Å². The summed E-state index contributed by atoms with van der Waals surface area (Å²) in [5, 5.41) is 2.81. The molecule has 0 aliphatic carbocycles. The van der Waals surface area contributed by atoms with Crippen LogP contribution in [0.5, 0.6) is 0 Å². The van der Waals surface area contributed by atoms with Gasteiger partial charge in [-0.05, 0) is 32.6 Å². The highest BCUT2D eigenvalue weighted by Gasteiger charge is 2.25. The number of rotatable bonds is 6. The molecule has 3 amide bonds. The van der Waals surface area contributed by atoms with E-state index in [1.54, 1.807) is 11.8 Å². The van der Waals surface area contributed by atoms with E-state index in [9.17, 15) is 19.2 Å². The molecule has 0 atom stereocenters. The van der Waals surface area contributed by atoms with Crippen molar-refractivity contribution in [2.24, 2.45) is 0 Å². The van der Waals surface area contributed by atoms with Gasteiger partial charge in [0.1, 0.15) is 6.54 Å². The number of carbonyl (C=O) groups excluding carboxylic acids is 4. The van der Waals surface area contributed by atoms with Gasteiger partial charge in [-0.15, -0.1) is 0 Å². The van der Waals surface area contributed by atoms with Crippen LogP contribution in [0.3, 0.4) is 0 Å². The summed E-state index contributed by atoms with van der Waals surface area (Å²) in [7, 11) is 0. The molecule has 27 heavy (non-hydrogen) atoms. The Kier molecular flexibility index (Phi) is 8.35. The minimum Gasteiger partial charge on any atom is -0.454 e. The Morgan fingerprint density at radius 2 is 1.81 bits per heavy atom. The number of hydrogen-bond acceptors (Lipinski definition) is 6. The molecular formula is C18H29N3O6. The molecule has 0 unspecified atom stereocenters. The summed E-state index contributed by atoms with van der Waals surface area (Å²) in [6, 6.07) is -0.0611. The molecule has 0 radical (unpaired) electrons. The van der Waals surface area contributed by atoms with Gasteiger partial charge in [-0.25, -0.2) is 4.79 Å². The molecule has 0 aromatic carbocycles. The van der Waals surface area contributed by atoms with Crippen molar-refractivity contribution in [2.75, 3.05) is 39.4 Å². The van der Waals surface area contributed by atoms with Gasteiger partial charge < -0.3 is 24.6 Å². The molecule has 2 aliphatic heterocycles. The van der Waals surface area contributed by atoms with E-state index in [4.69, 9.17) is 9.47 Å².